The highest BCUT2D eigenvalue weighted by Gasteiger charge is 2.28. The molecule has 0 aliphatic carbocycles. The fourth-order valence-electron chi connectivity index (χ4n) is 2.54. The monoisotopic (exact) mass is 264 g/mol. The number of nitrogens with one attached hydrogen (secondary N) is 1. The van der Waals surface area contributed by atoms with Crippen LogP contribution in [0.3, 0.4) is 0 Å². The Bertz CT molecular complexity index is 438. The molecule has 104 valence electrons. The first-order valence-corrected chi connectivity index (χ1v) is 6.60. The molecule has 1 amide bonds. The van der Waals surface area contributed by atoms with Crippen LogP contribution in [0.2, 0.25) is 0 Å². The van der Waals surface area contributed by atoms with Gasteiger partial charge < -0.3 is 15.4 Å². The maximum atomic E-state index is 12.5. The largest absolute Gasteiger partial charge is 0.396 e. The standard InChI is InChI=1S/C13H20N4O2/c14-16-12-9-10(5-6-15-12)13(19)17-7-1-3-11(17)4-2-8-18/h5-6,9,11,18H,1-4,7-8,14H2,(H,15,16). The van der Waals surface area contributed by atoms with Gasteiger partial charge >= 0.3 is 0 Å². The summed E-state index contributed by atoms with van der Waals surface area (Å²) in [6.45, 7) is 0.956. The molecule has 6 nitrogen and oxygen atoms in total. The number of nitrogens with zero attached hydrogens (tertiary/aromatic N) is 2. The van der Waals surface area contributed by atoms with Gasteiger partial charge in [-0.05, 0) is 37.8 Å². The van der Waals surface area contributed by atoms with Crippen molar-refractivity contribution in [1.82, 2.24) is 9.88 Å². The van der Waals surface area contributed by atoms with Gasteiger partial charge in [0.05, 0.1) is 0 Å². The number of hydrazine groups is 1. The molecule has 1 aliphatic heterocycles. The van der Waals surface area contributed by atoms with Gasteiger partial charge in [-0.15, -0.1) is 0 Å². The lowest BCUT2D eigenvalue weighted by molar-refractivity contribution is 0.0724. The average Bonchev–Trinajstić information content (AvgIpc) is 2.92. The topological polar surface area (TPSA) is 91.5 Å². The van der Waals surface area contributed by atoms with Crippen LogP contribution in [0.5, 0.6) is 0 Å². The lowest BCUT2D eigenvalue weighted by atomic mass is 10.1. The molecule has 1 saturated heterocycles. The molecule has 1 fully saturated rings. The van der Waals surface area contributed by atoms with Crippen LogP contribution in [0.25, 0.3) is 0 Å². The van der Waals surface area contributed by atoms with Gasteiger partial charge in [0.2, 0.25) is 0 Å². The molecular weight excluding hydrogens is 244 g/mol. The number of aliphatic hydroxyl groups excluding tert-OH is 1. The molecule has 0 bridgehead atoms. The number of carbonyl (C=O) groups excluding carboxylic acids is 1. The lowest BCUT2D eigenvalue weighted by Gasteiger charge is -2.24. The normalized spacial score (nSPS) is 18.6. The van der Waals surface area contributed by atoms with E-state index in [1.807, 2.05) is 4.90 Å². The molecule has 1 atom stereocenters. The fourth-order valence-corrected chi connectivity index (χ4v) is 2.54. The number of carbonyl (C=O) groups is 1. The maximum Gasteiger partial charge on any atom is 0.254 e. The minimum Gasteiger partial charge on any atom is -0.396 e. The summed E-state index contributed by atoms with van der Waals surface area (Å²) < 4.78 is 0. The molecule has 0 aromatic carbocycles. The molecule has 4 N–H and O–H groups in total. The van der Waals surface area contributed by atoms with Gasteiger partial charge in [0.15, 0.2) is 0 Å². The molecule has 1 aromatic rings. The quantitative estimate of drug-likeness (QED) is 0.539. The van der Waals surface area contributed by atoms with E-state index in [-0.39, 0.29) is 18.6 Å². The van der Waals surface area contributed by atoms with Crippen molar-refractivity contribution in [1.29, 1.82) is 0 Å². The Kier molecular flexibility index (Phi) is 4.70. The van der Waals surface area contributed by atoms with Crippen LogP contribution in [0.4, 0.5) is 5.82 Å². The van der Waals surface area contributed by atoms with E-state index in [9.17, 15) is 4.79 Å². The van der Waals surface area contributed by atoms with Crippen molar-refractivity contribution in [3.8, 4) is 0 Å². The summed E-state index contributed by atoms with van der Waals surface area (Å²) in [5.74, 6) is 5.80. The number of aromatic nitrogens is 1. The SMILES string of the molecule is NNc1cc(C(=O)N2CCCC2CCCO)ccn1. The number of nitrogen functional groups attached to an aromatic ring is 1. The third kappa shape index (κ3) is 3.21. The molecule has 2 rings (SSSR count). The van der Waals surface area contributed by atoms with Gasteiger partial charge in [-0.25, -0.2) is 10.8 Å². The Morgan fingerprint density at radius 1 is 1.63 bits per heavy atom. The molecule has 0 saturated carbocycles. The average molecular weight is 264 g/mol. The minimum absolute atomic E-state index is 0.0133. The van der Waals surface area contributed by atoms with Crippen LogP contribution in [-0.2, 0) is 0 Å². The molecule has 6 heteroatoms. The first-order chi connectivity index (χ1) is 9.26. The van der Waals surface area contributed by atoms with Crippen molar-refractivity contribution in [2.24, 2.45) is 5.84 Å². The van der Waals surface area contributed by atoms with Crippen molar-refractivity contribution in [2.45, 2.75) is 31.7 Å². The number of amides is 1. The van der Waals surface area contributed by atoms with Crippen LogP contribution in [0.1, 0.15) is 36.0 Å². The van der Waals surface area contributed by atoms with Crippen molar-refractivity contribution >= 4 is 11.7 Å². The van der Waals surface area contributed by atoms with Gasteiger partial charge in [-0.3, -0.25) is 4.79 Å². The van der Waals surface area contributed by atoms with E-state index in [2.05, 4.69) is 10.4 Å². The molecular formula is C13H20N4O2. The zero-order valence-corrected chi connectivity index (χ0v) is 10.9. The van der Waals surface area contributed by atoms with Crippen LogP contribution < -0.4 is 11.3 Å². The van der Waals surface area contributed by atoms with E-state index in [1.54, 1.807) is 18.3 Å². The number of aliphatic hydroxyl groups is 1. The second kappa shape index (κ2) is 6.49. The van der Waals surface area contributed by atoms with E-state index in [0.717, 1.165) is 32.2 Å². The zero-order chi connectivity index (χ0) is 13.7. The second-order valence-electron chi connectivity index (χ2n) is 4.73. The highest BCUT2D eigenvalue weighted by molar-refractivity contribution is 5.95. The van der Waals surface area contributed by atoms with Crippen LogP contribution in [0, 0.1) is 0 Å². The first-order valence-electron chi connectivity index (χ1n) is 6.60. The Balaban J connectivity index is 2.09. The summed E-state index contributed by atoms with van der Waals surface area (Å²) in [4.78, 5) is 18.3. The fraction of sp³-hybridized carbons (Fsp3) is 0.538. The predicted molar refractivity (Wildman–Crippen MR) is 72.4 cm³/mol. The van der Waals surface area contributed by atoms with Crippen molar-refractivity contribution < 1.29 is 9.90 Å². The summed E-state index contributed by atoms with van der Waals surface area (Å²) in [5.41, 5.74) is 3.04. The summed E-state index contributed by atoms with van der Waals surface area (Å²) in [7, 11) is 0. The Morgan fingerprint density at radius 2 is 2.47 bits per heavy atom. The van der Waals surface area contributed by atoms with Crippen LogP contribution in [-0.4, -0.2) is 40.1 Å². The number of anilines is 1. The molecule has 1 aliphatic rings. The smallest absolute Gasteiger partial charge is 0.254 e. The number of rotatable bonds is 5. The van der Waals surface area contributed by atoms with Gasteiger partial charge in [0, 0.05) is 31.0 Å². The van der Waals surface area contributed by atoms with E-state index in [0.29, 0.717) is 11.4 Å². The molecule has 1 unspecified atom stereocenters. The zero-order valence-electron chi connectivity index (χ0n) is 10.9. The predicted octanol–water partition coefficient (Wildman–Crippen LogP) is 0.744. The molecule has 0 spiro atoms. The number of pyridine rings is 1. The number of likely N-dealkylation sites (tertiary alicyclic amines) is 1. The van der Waals surface area contributed by atoms with Gasteiger partial charge in [-0.1, -0.05) is 0 Å². The van der Waals surface area contributed by atoms with E-state index < -0.39 is 0 Å². The van der Waals surface area contributed by atoms with Crippen LogP contribution in [0.15, 0.2) is 18.3 Å². The first kappa shape index (κ1) is 13.8. The number of nitrogens with two attached hydrogens (primary N) is 1. The van der Waals surface area contributed by atoms with E-state index in [1.165, 1.54) is 0 Å². The highest BCUT2D eigenvalue weighted by Crippen LogP contribution is 2.23. The van der Waals surface area contributed by atoms with Gasteiger partial charge in [0.1, 0.15) is 5.82 Å². The Hall–Kier alpha value is -1.66. The van der Waals surface area contributed by atoms with E-state index >= 15 is 0 Å². The minimum atomic E-state index is 0.0133. The van der Waals surface area contributed by atoms with Crippen molar-refractivity contribution in [3.63, 3.8) is 0 Å². The summed E-state index contributed by atoms with van der Waals surface area (Å²) in [6.07, 6.45) is 5.20. The molecule has 0 radical (unpaired) electrons. The Labute approximate surface area is 112 Å². The summed E-state index contributed by atoms with van der Waals surface area (Å²) in [6, 6.07) is 3.59. The summed E-state index contributed by atoms with van der Waals surface area (Å²) >= 11 is 0. The van der Waals surface area contributed by atoms with E-state index in [4.69, 9.17) is 10.9 Å². The molecule has 1 aromatic heterocycles. The number of hydrogen-bond acceptors (Lipinski definition) is 5. The van der Waals surface area contributed by atoms with Crippen LogP contribution >= 0.6 is 0 Å². The highest BCUT2D eigenvalue weighted by atomic mass is 16.3. The summed E-state index contributed by atoms with van der Waals surface area (Å²) in [5, 5.41) is 8.90. The second-order valence-corrected chi connectivity index (χ2v) is 4.73. The van der Waals surface area contributed by atoms with Gasteiger partial charge in [0.25, 0.3) is 5.91 Å². The maximum absolute atomic E-state index is 12.5. The lowest BCUT2D eigenvalue weighted by Crippen LogP contribution is -2.35. The third-order valence-corrected chi connectivity index (χ3v) is 3.49. The van der Waals surface area contributed by atoms with Crippen molar-refractivity contribution in [3.05, 3.63) is 23.9 Å². The third-order valence-electron chi connectivity index (χ3n) is 3.49. The molecule has 19 heavy (non-hydrogen) atoms. The molecule has 2 heterocycles. The number of hydrogen-bond donors (Lipinski definition) is 3. The van der Waals surface area contributed by atoms with Gasteiger partial charge in [-0.2, -0.15) is 0 Å². The van der Waals surface area contributed by atoms with Crippen molar-refractivity contribution in [2.75, 3.05) is 18.6 Å². The Morgan fingerprint density at radius 3 is 3.21 bits per heavy atom.